The molecular weight excluding hydrogens is 624 g/mol. The fourth-order valence-electron chi connectivity index (χ4n) is 3.33. The lowest BCUT2D eigenvalue weighted by atomic mass is 10.2. The summed E-state index contributed by atoms with van der Waals surface area (Å²) in [6.45, 7) is 14.9. The molecule has 5 unspecified atom stereocenters. The first-order chi connectivity index (χ1) is 22.3. The summed E-state index contributed by atoms with van der Waals surface area (Å²) in [5.41, 5.74) is 0.324. The van der Waals surface area contributed by atoms with E-state index < -0.39 is 42.4 Å². The van der Waals surface area contributed by atoms with Crippen LogP contribution in [0, 0.1) is 0 Å². The van der Waals surface area contributed by atoms with Crippen molar-refractivity contribution in [3.8, 4) is 0 Å². The van der Waals surface area contributed by atoms with Crippen molar-refractivity contribution in [2.45, 2.75) is 90.8 Å². The van der Waals surface area contributed by atoms with Crippen molar-refractivity contribution < 1.29 is 68.7 Å². The van der Waals surface area contributed by atoms with Gasteiger partial charge in [0.1, 0.15) is 50.8 Å². The first-order valence-corrected chi connectivity index (χ1v) is 15.9. The van der Waals surface area contributed by atoms with E-state index in [0.29, 0.717) is 13.2 Å². The molecule has 0 aliphatic heterocycles. The van der Waals surface area contributed by atoms with E-state index in [-0.39, 0.29) is 70.4 Å². The molecule has 0 aromatic heterocycles. The van der Waals surface area contributed by atoms with Crippen molar-refractivity contribution in [2.24, 2.45) is 0 Å². The minimum Gasteiger partial charge on any atom is -0.460 e. The van der Waals surface area contributed by atoms with Gasteiger partial charge in [-0.25, -0.2) is 19.4 Å². The molecule has 0 aliphatic rings. The minimum atomic E-state index is -1.23. The largest absolute Gasteiger partial charge is 0.460 e. The summed E-state index contributed by atoms with van der Waals surface area (Å²) in [5.74, 6) is -1.36. The maximum Gasteiger partial charge on any atom is 0.333 e. The van der Waals surface area contributed by atoms with E-state index in [1.54, 1.807) is 6.92 Å². The Morgan fingerprint density at radius 3 is 1.53 bits per heavy atom. The van der Waals surface area contributed by atoms with Crippen molar-refractivity contribution in [2.75, 3.05) is 72.5 Å². The van der Waals surface area contributed by atoms with Crippen LogP contribution >= 0.6 is 0 Å². The zero-order chi connectivity index (χ0) is 35.6. The molecule has 0 saturated carbocycles. The molecule has 16 heteroatoms. The molecule has 0 heterocycles. The van der Waals surface area contributed by atoms with Crippen molar-refractivity contribution in [1.82, 2.24) is 10.1 Å². The summed E-state index contributed by atoms with van der Waals surface area (Å²) >= 11 is 0. The molecule has 4 N–H and O–H groups in total. The Bertz CT molecular complexity index is 864. The van der Waals surface area contributed by atoms with Crippen LogP contribution in [0.25, 0.3) is 0 Å². The Labute approximate surface area is 278 Å². The number of aliphatic hydroxyl groups is 4. The maximum atomic E-state index is 11.8. The number of hydrogen-bond donors (Lipinski definition) is 4. The number of hydroxylamine groups is 4. The molecule has 0 spiro atoms. The molecule has 0 amide bonds. The predicted molar refractivity (Wildman–Crippen MR) is 169 cm³/mol. The van der Waals surface area contributed by atoms with Crippen LogP contribution in [0.2, 0.25) is 0 Å². The van der Waals surface area contributed by atoms with Gasteiger partial charge in [0.05, 0.1) is 32.3 Å². The SMILES string of the molecule is C=C(C)C(=O)OCC(O)CN(CC(C)N(CC(O)COC(=O)C(=C)C)OOCC(O)COCCCC)OOCC(O)COCCCC. The standard InChI is InChI=1S/C31H58N2O14/c1-8-10-12-40-17-28(36)21-44-46-32(15-26(34)19-42-30(38)23(3)4)14-25(7)33(16-27(35)20-43-31(39)24(5)6)47-45-22-29(37)18-41-13-11-9-2/h25-29,34-37H,3,5,8-22H2,1-2,4,6-7H3. The topological polar surface area (TPSA) is 195 Å². The zero-order valence-electron chi connectivity index (χ0n) is 28.7. The summed E-state index contributed by atoms with van der Waals surface area (Å²) < 4.78 is 20.8. The van der Waals surface area contributed by atoms with Gasteiger partial charge in [0.15, 0.2) is 0 Å². The van der Waals surface area contributed by atoms with Crippen molar-refractivity contribution in [3.05, 3.63) is 24.3 Å². The molecule has 47 heavy (non-hydrogen) atoms. The maximum absolute atomic E-state index is 11.8. The van der Waals surface area contributed by atoms with Gasteiger partial charge >= 0.3 is 11.9 Å². The number of nitrogens with zero attached hydrogens (tertiary/aromatic N) is 2. The van der Waals surface area contributed by atoms with Crippen LogP contribution in [-0.4, -0.2) is 145 Å². The average Bonchev–Trinajstić information content (AvgIpc) is 3.02. The van der Waals surface area contributed by atoms with Crippen molar-refractivity contribution >= 4 is 11.9 Å². The van der Waals surface area contributed by atoms with Crippen LogP contribution in [0.4, 0.5) is 0 Å². The number of aliphatic hydroxyl groups excluding tert-OH is 4. The Hall–Kier alpha value is -2.06. The van der Waals surface area contributed by atoms with Crippen LogP contribution in [0.5, 0.6) is 0 Å². The monoisotopic (exact) mass is 682 g/mol. The minimum absolute atomic E-state index is 0.0285. The number of hydrogen-bond acceptors (Lipinski definition) is 16. The highest BCUT2D eigenvalue weighted by atomic mass is 17.3. The molecule has 0 aromatic carbocycles. The second-order valence-corrected chi connectivity index (χ2v) is 11.2. The number of rotatable bonds is 31. The quantitative estimate of drug-likeness (QED) is 0.0266. The molecule has 276 valence electrons. The molecule has 0 bridgehead atoms. The summed E-state index contributed by atoms with van der Waals surface area (Å²) in [6, 6.07) is -0.671. The highest BCUT2D eigenvalue weighted by molar-refractivity contribution is 5.87. The van der Waals surface area contributed by atoms with Crippen LogP contribution in [0.15, 0.2) is 24.3 Å². The Kier molecular flexibility index (Phi) is 26.6. The molecular formula is C31H58N2O14. The predicted octanol–water partition coefficient (Wildman–Crippen LogP) is 1.02. The van der Waals surface area contributed by atoms with Gasteiger partial charge in [-0.3, -0.25) is 0 Å². The summed E-state index contributed by atoms with van der Waals surface area (Å²) in [5, 5.41) is 43.8. The third-order valence-electron chi connectivity index (χ3n) is 6.01. The Morgan fingerprint density at radius 1 is 0.638 bits per heavy atom. The second kappa shape index (κ2) is 27.8. The lowest BCUT2D eigenvalue weighted by Gasteiger charge is -2.32. The average molecular weight is 683 g/mol. The third-order valence-corrected chi connectivity index (χ3v) is 6.01. The van der Waals surface area contributed by atoms with Gasteiger partial charge in [-0.15, -0.1) is 15.0 Å². The van der Waals surface area contributed by atoms with Gasteiger partial charge in [-0.2, -0.15) is 5.06 Å². The fourth-order valence-corrected chi connectivity index (χ4v) is 3.33. The van der Waals surface area contributed by atoms with Crippen molar-refractivity contribution in [1.29, 1.82) is 0 Å². The molecule has 0 saturated heterocycles. The van der Waals surface area contributed by atoms with Gasteiger partial charge in [-0.1, -0.05) is 39.8 Å². The fraction of sp³-hybridized carbons (Fsp3) is 0.806. The third kappa shape index (κ3) is 24.7. The molecule has 5 atom stereocenters. The van der Waals surface area contributed by atoms with Crippen LogP contribution < -0.4 is 0 Å². The lowest BCUT2D eigenvalue weighted by molar-refractivity contribution is -0.460. The van der Waals surface area contributed by atoms with Crippen LogP contribution in [-0.2, 0) is 48.3 Å². The van der Waals surface area contributed by atoms with E-state index in [1.165, 1.54) is 24.0 Å². The first kappa shape index (κ1) is 44.9. The molecule has 0 fully saturated rings. The molecule has 16 nitrogen and oxygen atoms in total. The van der Waals surface area contributed by atoms with E-state index in [9.17, 15) is 30.0 Å². The molecule has 0 rings (SSSR count). The van der Waals surface area contributed by atoms with Crippen LogP contribution in [0.1, 0.15) is 60.3 Å². The van der Waals surface area contributed by atoms with E-state index in [0.717, 1.165) is 25.7 Å². The number of ether oxygens (including phenoxy) is 4. The smallest absolute Gasteiger partial charge is 0.333 e. The highest BCUT2D eigenvalue weighted by Crippen LogP contribution is 2.10. The number of carbonyl (C=O) groups excluding carboxylic acids is 2. The van der Waals surface area contributed by atoms with Gasteiger partial charge in [0, 0.05) is 30.9 Å². The first-order valence-electron chi connectivity index (χ1n) is 15.9. The van der Waals surface area contributed by atoms with Crippen molar-refractivity contribution in [3.63, 3.8) is 0 Å². The van der Waals surface area contributed by atoms with E-state index in [4.69, 9.17) is 38.7 Å². The Balaban J connectivity index is 5.48. The molecule has 0 aromatic rings. The summed E-state index contributed by atoms with van der Waals surface area (Å²) in [6.07, 6.45) is -0.843. The van der Waals surface area contributed by atoms with Gasteiger partial charge in [0.2, 0.25) is 0 Å². The Morgan fingerprint density at radius 2 is 1.09 bits per heavy atom. The number of esters is 2. The van der Waals surface area contributed by atoms with E-state index in [2.05, 4.69) is 13.2 Å². The van der Waals surface area contributed by atoms with E-state index >= 15 is 0 Å². The van der Waals surface area contributed by atoms with Gasteiger partial charge in [-0.05, 0) is 33.6 Å². The normalized spacial score (nSPS) is 14.9. The molecule has 0 radical (unpaired) electrons. The van der Waals surface area contributed by atoms with E-state index in [1.807, 2.05) is 13.8 Å². The zero-order valence-corrected chi connectivity index (χ0v) is 28.7. The lowest BCUT2D eigenvalue weighted by Crippen LogP contribution is -2.48. The highest BCUT2D eigenvalue weighted by Gasteiger charge is 2.26. The second-order valence-electron chi connectivity index (χ2n) is 11.2. The summed E-state index contributed by atoms with van der Waals surface area (Å²) in [7, 11) is 0. The van der Waals surface area contributed by atoms with Gasteiger partial charge in [0.25, 0.3) is 0 Å². The summed E-state index contributed by atoms with van der Waals surface area (Å²) in [4.78, 5) is 44.8. The van der Waals surface area contributed by atoms with Crippen LogP contribution in [0.3, 0.4) is 0 Å². The number of carbonyl (C=O) groups is 2. The number of unbranched alkanes of at least 4 members (excludes halogenated alkanes) is 2. The van der Waals surface area contributed by atoms with Gasteiger partial charge < -0.3 is 39.4 Å². The molecule has 0 aliphatic carbocycles.